The Labute approximate surface area is 158 Å². The van der Waals surface area contributed by atoms with Crippen LogP contribution in [0.25, 0.3) is 0 Å². The van der Waals surface area contributed by atoms with Crippen LogP contribution >= 0.6 is 0 Å². The molecule has 0 fully saturated rings. The second kappa shape index (κ2) is 7.95. The summed E-state index contributed by atoms with van der Waals surface area (Å²) in [6.45, 7) is 6.14. The molecule has 0 aliphatic heterocycles. The van der Waals surface area contributed by atoms with Gasteiger partial charge in [0.05, 0.1) is 11.3 Å². The Balaban J connectivity index is 1.62. The SMILES string of the molecule is CCc1ccc(NC(=O)c2ccc(OCc3c(C)noc3C)cc2)cc1N. The number of anilines is 2. The zero-order valence-corrected chi connectivity index (χ0v) is 15.7. The van der Waals surface area contributed by atoms with Crippen molar-refractivity contribution in [3.8, 4) is 5.75 Å². The number of carbonyl (C=O) groups is 1. The number of carbonyl (C=O) groups excluding carboxylic acids is 1. The summed E-state index contributed by atoms with van der Waals surface area (Å²) in [7, 11) is 0. The highest BCUT2D eigenvalue weighted by atomic mass is 16.5. The van der Waals surface area contributed by atoms with Crippen LogP contribution in [0.5, 0.6) is 5.75 Å². The van der Waals surface area contributed by atoms with Gasteiger partial charge in [0, 0.05) is 16.9 Å². The van der Waals surface area contributed by atoms with E-state index >= 15 is 0 Å². The molecule has 3 N–H and O–H groups in total. The van der Waals surface area contributed by atoms with Gasteiger partial charge in [0.2, 0.25) is 0 Å². The van der Waals surface area contributed by atoms with Gasteiger partial charge in [-0.3, -0.25) is 4.79 Å². The van der Waals surface area contributed by atoms with Crippen LogP contribution in [-0.2, 0) is 13.0 Å². The minimum atomic E-state index is -0.198. The number of amides is 1. The monoisotopic (exact) mass is 365 g/mol. The number of rotatable bonds is 6. The molecule has 140 valence electrons. The van der Waals surface area contributed by atoms with Gasteiger partial charge in [-0.2, -0.15) is 0 Å². The molecule has 0 bridgehead atoms. The lowest BCUT2D eigenvalue weighted by Gasteiger charge is -2.10. The van der Waals surface area contributed by atoms with E-state index in [0.717, 1.165) is 29.0 Å². The van der Waals surface area contributed by atoms with Gasteiger partial charge >= 0.3 is 0 Å². The van der Waals surface area contributed by atoms with Crippen molar-refractivity contribution in [2.75, 3.05) is 11.1 Å². The average molecular weight is 365 g/mol. The van der Waals surface area contributed by atoms with Gasteiger partial charge in [0.15, 0.2) is 0 Å². The van der Waals surface area contributed by atoms with E-state index in [-0.39, 0.29) is 5.91 Å². The molecule has 0 atom stereocenters. The number of nitrogen functional groups attached to an aromatic ring is 1. The van der Waals surface area contributed by atoms with Crippen molar-refractivity contribution in [2.45, 2.75) is 33.8 Å². The quantitative estimate of drug-likeness (QED) is 0.637. The number of nitrogens with zero attached hydrogens (tertiary/aromatic N) is 1. The standard InChI is InChI=1S/C21H23N3O3/c1-4-15-5-8-17(11-20(15)22)23-21(25)16-6-9-18(10-7-16)26-12-19-13(2)24-27-14(19)3/h5-11H,4,12,22H2,1-3H3,(H,23,25). The zero-order chi connectivity index (χ0) is 19.4. The van der Waals surface area contributed by atoms with Crippen LogP contribution in [0, 0.1) is 13.8 Å². The molecule has 0 unspecified atom stereocenters. The van der Waals surface area contributed by atoms with Crippen LogP contribution in [0.4, 0.5) is 11.4 Å². The molecule has 3 rings (SSSR count). The molecule has 1 heterocycles. The molecule has 0 spiro atoms. The summed E-state index contributed by atoms with van der Waals surface area (Å²) in [5, 5.41) is 6.76. The van der Waals surface area contributed by atoms with Crippen LogP contribution in [0.2, 0.25) is 0 Å². The number of nitrogens with one attached hydrogen (secondary N) is 1. The minimum absolute atomic E-state index is 0.198. The summed E-state index contributed by atoms with van der Waals surface area (Å²) < 4.78 is 10.9. The molecule has 0 radical (unpaired) electrons. The second-order valence-electron chi connectivity index (χ2n) is 6.34. The first-order chi connectivity index (χ1) is 13.0. The van der Waals surface area contributed by atoms with Crippen LogP contribution in [-0.4, -0.2) is 11.1 Å². The van der Waals surface area contributed by atoms with Crippen LogP contribution in [0.1, 0.15) is 39.9 Å². The first kappa shape index (κ1) is 18.5. The summed E-state index contributed by atoms with van der Waals surface area (Å²) in [5.74, 6) is 1.22. The topological polar surface area (TPSA) is 90.4 Å². The summed E-state index contributed by atoms with van der Waals surface area (Å²) in [6, 6.07) is 12.5. The van der Waals surface area contributed by atoms with Gasteiger partial charge in [0.1, 0.15) is 18.1 Å². The van der Waals surface area contributed by atoms with Gasteiger partial charge in [-0.15, -0.1) is 0 Å². The first-order valence-electron chi connectivity index (χ1n) is 8.82. The summed E-state index contributed by atoms with van der Waals surface area (Å²) in [4.78, 5) is 12.4. The molecule has 6 heteroatoms. The number of benzene rings is 2. The van der Waals surface area contributed by atoms with Crippen molar-refractivity contribution in [3.63, 3.8) is 0 Å². The van der Waals surface area contributed by atoms with E-state index in [1.54, 1.807) is 30.3 Å². The second-order valence-corrected chi connectivity index (χ2v) is 6.34. The van der Waals surface area contributed by atoms with Crippen molar-refractivity contribution in [3.05, 3.63) is 70.6 Å². The van der Waals surface area contributed by atoms with Gasteiger partial charge in [-0.05, 0) is 62.2 Å². The Kier molecular flexibility index (Phi) is 5.45. The normalized spacial score (nSPS) is 10.6. The van der Waals surface area contributed by atoms with Crippen LogP contribution in [0.3, 0.4) is 0 Å². The highest BCUT2D eigenvalue weighted by Crippen LogP contribution is 2.21. The number of hydrogen-bond acceptors (Lipinski definition) is 5. The lowest BCUT2D eigenvalue weighted by atomic mass is 10.1. The van der Waals surface area contributed by atoms with Crippen LogP contribution < -0.4 is 15.8 Å². The van der Waals surface area contributed by atoms with E-state index in [2.05, 4.69) is 10.5 Å². The molecule has 0 saturated heterocycles. The van der Waals surface area contributed by atoms with Crippen molar-refractivity contribution >= 4 is 17.3 Å². The molecule has 1 aromatic heterocycles. The van der Waals surface area contributed by atoms with Gasteiger partial charge in [-0.1, -0.05) is 18.1 Å². The summed E-state index contributed by atoms with van der Waals surface area (Å²) in [5.41, 5.74) is 10.7. The third kappa shape index (κ3) is 4.28. The highest BCUT2D eigenvalue weighted by Gasteiger charge is 2.11. The van der Waals surface area contributed by atoms with Crippen molar-refractivity contribution < 1.29 is 14.1 Å². The number of hydrogen-bond donors (Lipinski definition) is 2. The maximum absolute atomic E-state index is 12.4. The van der Waals surface area contributed by atoms with E-state index in [1.165, 1.54) is 0 Å². The number of nitrogens with two attached hydrogens (primary N) is 1. The van der Waals surface area contributed by atoms with E-state index in [4.69, 9.17) is 15.0 Å². The largest absolute Gasteiger partial charge is 0.489 e. The smallest absolute Gasteiger partial charge is 0.255 e. The molecular formula is C21H23N3O3. The Morgan fingerprint density at radius 2 is 1.93 bits per heavy atom. The summed E-state index contributed by atoms with van der Waals surface area (Å²) in [6.07, 6.45) is 0.857. The van der Waals surface area contributed by atoms with E-state index in [1.807, 2.05) is 32.9 Å². The zero-order valence-electron chi connectivity index (χ0n) is 15.7. The van der Waals surface area contributed by atoms with Crippen molar-refractivity contribution in [1.29, 1.82) is 0 Å². The summed E-state index contributed by atoms with van der Waals surface area (Å²) >= 11 is 0. The third-order valence-corrected chi connectivity index (χ3v) is 4.47. The molecule has 0 saturated carbocycles. The minimum Gasteiger partial charge on any atom is -0.489 e. The van der Waals surface area contributed by atoms with Crippen molar-refractivity contribution in [1.82, 2.24) is 5.16 Å². The Morgan fingerprint density at radius 3 is 2.52 bits per heavy atom. The number of aromatic nitrogens is 1. The predicted molar refractivity (Wildman–Crippen MR) is 105 cm³/mol. The molecule has 0 aliphatic rings. The molecule has 3 aromatic rings. The molecule has 2 aromatic carbocycles. The van der Waals surface area contributed by atoms with Gasteiger partial charge in [0.25, 0.3) is 5.91 Å². The lowest BCUT2D eigenvalue weighted by molar-refractivity contribution is 0.102. The molecule has 1 amide bonds. The fourth-order valence-electron chi connectivity index (χ4n) is 2.76. The van der Waals surface area contributed by atoms with E-state index < -0.39 is 0 Å². The highest BCUT2D eigenvalue weighted by molar-refractivity contribution is 6.04. The van der Waals surface area contributed by atoms with E-state index in [0.29, 0.717) is 29.3 Å². The van der Waals surface area contributed by atoms with Gasteiger partial charge < -0.3 is 20.3 Å². The maximum Gasteiger partial charge on any atom is 0.255 e. The Bertz CT molecular complexity index is 926. The van der Waals surface area contributed by atoms with Gasteiger partial charge in [-0.25, -0.2) is 0 Å². The lowest BCUT2D eigenvalue weighted by Crippen LogP contribution is -2.12. The third-order valence-electron chi connectivity index (χ3n) is 4.47. The fraction of sp³-hybridized carbons (Fsp3) is 0.238. The van der Waals surface area contributed by atoms with Crippen LogP contribution in [0.15, 0.2) is 47.0 Å². The fourth-order valence-corrected chi connectivity index (χ4v) is 2.76. The molecule has 0 aliphatic carbocycles. The molecular weight excluding hydrogens is 342 g/mol. The number of aryl methyl sites for hydroxylation is 3. The van der Waals surface area contributed by atoms with E-state index in [9.17, 15) is 4.79 Å². The Morgan fingerprint density at radius 1 is 1.19 bits per heavy atom. The molecule has 27 heavy (non-hydrogen) atoms. The first-order valence-corrected chi connectivity index (χ1v) is 8.82. The average Bonchev–Trinajstić information content (AvgIpc) is 2.98. The number of ether oxygens (including phenoxy) is 1. The van der Waals surface area contributed by atoms with Crippen molar-refractivity contribution in [2.24, 2.45) is 0 Å². The maximum atomic E-state index is 12.4. The Hall–Kier alpha value is -3.28. The molecule has 6 nitrogen and oxygen atoms in total. The predicted octanol–water partition coefficient (Wildman–Crippen LogP) is 4.27.